The van der Waals surface area contributed by atoms with E-state index in [0.717, 1.165) is 6.07 Å². The van der Waals surface area contributed by atoms with Gasteiger partial charge in [-0.05, 0) is 36.4 Å². The molecule has 0 spiro atoms. The van der Waals surface area contributed by atoms with Gasteiger partial charge < -0.3 is 39.7 Å². The summed E-state index contributed by atoms with van der Waals surface area (Å²) in [5.41, 5.74) is 6.85. The molecule has 1 aromatic heterocycles. The Kier molecular flexibility index (Phi) is 9.60. The van der Waals surface area contributed by atoms with Gasteiger partial charge in [0.15, 0.2) is 11.5 Å². The molecule has 1 heterocycles. The number of nitrogens with zero attached hydrogens (tertiary/aromatic N) is 1. The second-order valence-electron chi connectivity index (χ2n) is 6.27. The van der Waals surface area contributed by atoms with Gasteiger partial charge in [0.25, 0.3) is 5.97 Å². The lowest BCUT2D eigenvalue weighted by Gasteiger charge is -2.23. The van der Waals surface area contributed by atoms with Crippen molar-refractivity contribution < 1.29 is 43.5 Å². The van der Waals surface area contributed by atoms with Gasteiger partial charge in [-0.1, -0.05) is 0 Å². The molecule has 0 fully saturated rings. The zero-order valence-corrected chi connectivity index (χ0v) is 18.3. The Balaban J connectivity index is 0.000000248. The largest absolute Gasteiger partial charge is 0.506 e. The molecule has 11 heteroatoms. The molecule has 2 aromatic carbocycles. The molecule has 5 N–H and O–H groups in total. The molecule has 0 aliphatic carbocycles. The van der Waals surface area contributed by atoms with Crippen molar-refractivity contribution in [1.82, 2.24) is 4.98 Å². The van der Waals surface area contributed by atoms with Crippen molar-refractivity contribution in [3.05, 3.63) is 53.4 Å². The van der Waals surface area contributed by atoms with Gasteiger partial charge in [-0.2, -0.15) is 0 Å². The van der Waals surface area contributed by atoms with Crippen molar-refractivity contribution in [2.75, 3.05) is 27.1 Å². The third-order valence-corrected chi connectivity index (χ3v) is 4.13. The molecule has 0 bridgehead atoms. The van der Waals surface area contributed by atoms with Crippen LogP contribution in [0.1, 0.15) is 33.5 Å². The van der Waals surface area contributed by atoms with Crippen LogP contribution < -0.4 is 5.73 Å². The summed E-state index contributed by atoms with van der Waals surface area (Å²) in [6.07, 6.45) is 0. The number of anilines is 1. The van der Waals surface area contributed by atoms with Crippen LogP contribution in [0.2, 0.25) is 0 Å². The topological polar surface area (TPSA) is 175 Å². The number of aryl methyl sites for hydroxylation is 1. The molecule has 0 saturated heterocycles. The van der Waals surface area contributed by atoms with E-state index in [9.17, 15) is 9.59 Å². The van der Waals surface area contributed by atoms with Gasteiger partial charge in [0.1, 0.15) is 11.3 Å². The number of methoxy groups -OCH3 is 3. The quantitative estimate of drug-likeness (QED) is 0.255. The Labute approximate surface area is 184 Å². The summed E-state index contributed by atoms with van der Waals surface area (Å²) in [6, 6.07) is 8.40. The van der Waals surface area contributed by atoms with Crippen molar-refractivity contribution in [3.63, 3.8) is 0 Å². The maximum absolute atomic E-state index is 10.6. The number of nitrogen functional groups attached to an aromatic ring is 1. The first-order valence-electron chi connectivity index (χ1n) is 9.04. The summed E-state index contributed by atoms with van der Waals surface area (Å²) in [6.45, 7) is 3.41. The summed E-state index contributed by atoms with van der Waals surface area (Å²) in [5.74, 6) is -2.58. The van der Waals surface area contributed by atoms with E-state index in [4.69, 9.17) is 39.7 Å². The minimum absolute atomic E-state index is 0.0247. The summed E-state index contributed by atoms with van der Waals surface area (Å²) >= 11 is 0. The number of benzene rings is 2. The maximum Gasteiger partial charge on any atom is 0.335 e. The minimum atomic E-state index is -1.08. The van der Waals surface area contributed by atoms with E-state index in [-0.39, 0.29) is 22.6 Å². The van der Waals surface area contributed by atoms with Crippen LogP contribution in [0.4, 0.5) is 5.69 Å². The molecule has 32 heavy (non-hydrogen) atoms. The average Bonchev–Trinajstić information content (AvgIpc) is 3.15. The summed E-state index contributed by atoms with van der Waals surface area (Å²) in [5, 5.41) is 26.1. The van der Waals surface area contributed by atoms with Crippen molar-refractivity contribution in [2.24, 2.45) is 0 Å². The molecule has 0 aliphatic heterocycles. The van der Waals surface area contributed by atoms with Crippen LogP contribution in [0.25, 0.3) is 11.1 Å². The number of carbonyl (C=O) groups is 2. The molecule has 0 aliphatic rings. The molecule has 11 nitrogen and oxygen atoms in total. The number of aromatic hydroxyl groups is 1. The van der Waals surface area contributed by atoms with Crippen molar-refractivity contribution in [2.45, 2.75) is 19.8 Å². The molecular weight excluding hydrogens is 424 g/mol. The monoisotopic (exact) mass is 450 g/mol. The number of hydrogen-bond acceptors (Lipinski definition) is 9. The van der Waals surface area contributed by atoms with Crippen LogP contribution in [0, 0.1) is 6.92 Å². The molecular formula is C21H26N2O9. The first-order valence-corrected chi connectivity index (χ1v) is 9.04. The number of phenols is 1. The zero-order chi connectivity index (χ0) is 24.5. The third-order valence-electron chi connectivity index (χ3n) is 4.13. The number of aromatic carboxylic acids is 2. The van der Waals surface area contributed by atoms with Crippen LogP contribution in [0.15, 0.2) is 40.8 Å². The summed E-state index contributed by atoms with van der Waals surface area (Å²) in [4.78, 5) is 25.0. The standard InChI is InChI=1S/C9H7NO3.C7H7NO3.C5H12O3/c1-5-10-7-3-2-6(9(11)12)4-8(7)13-5;8-5-2-1-4(7(10)11)3-6(5)9;1-5(6-2,7-3)8-4/h2-4H,1H3,(H,11,12);1-3,9H,8H2,(H,10,11);1-4H3. The molecule has 3 rings (SSSR count). The van der Waals surface area contributed by atoms with Gasteiger partial charge in [-0.15, -0.1) is 0 Å². The van der Waals surface area contributed by atoms with E-state index in [1.54, 1.807) is 19.9 Å². The Hall–Kier alpha value is -3.67. The molecule has 0 amide bonds. The lowest BCUT2D eigenvalue weighted by Crippen LogP contribution is -2.31. The van der Waals surface area contributed by atoms with E-state index in [1.807, 2.05) is 0 Å². The molecule has 0 saturated carbocycles. The average molecular weight is 450 g/mol. The van der Waals surface area contributed by atoms with Crippen LogP contribution in [0.5, 0.6) is 5.75 Å². The third kappa shape index (κ3) is 7.54. The first-order chi connectivity index (χ1) is 15.0. The van der Waals surface area contributed by atoms with Gasteiger partial charge in [0, 0.05) is 35.2 Å². The number of fused-ring (bicyclic) bond motifs is 1. The Bertz CT molecular complexity index is 1050. The second-order valence-corrected chi connectivity index (χ2v) is 6.27. The Morgan fingerprint density at radius 3 is 1.91 bits per heavy atom. The number of ether oxygens (including phenoxy) is 3. The SMILES string of the molecule is COC(C)(OC)OC.Cc1nc2ccc(C(=O)O)cc2o1.Nc1ccc(C(=O)O)cc1O. The van der Waals surface area contributed by atoms with Crippen LogP contribution in [-0.4, -0.2) is 59.5 Å². The van der Waals surface area contributed by atoms with E-state index in [2.05, 4.69) is 4.98 Å². The van der Waals surface area contributed by atoms with E-state index >= 15 is 0 Å². The highest BCUT2D eigenvalue weighted by molar-refractivity contribution is 5.91. The molecule has 174 valence electrons. The Morgan fingerprint density at radius 1 is 0.969 bits per heavy atom. The molecule has 0 unspecified atom stereocenters. The number of nitrogens with two attached hydrogens (primary N) is 1. The lowest BCUT2D eigenvalue weighted by atomic mass is 10.2. The Morgan fingerprint density at radius 2 is 1.47 bits per heavy atom. The van der Waals surface area contributed by atoms with Gasteiger partial charge in [-0.3, -0.25) is 0 Å². The summed E-state index contributed by atoms with van der Waals surface area (Å²) in [7, 11) is 4.56. The van der Waals surface area contributed by atoms with Crippen molar-refractivity contribution in [3.8, 4) is 5.75 Å². The number of carboxylic acid groups (broad SMARTS) is 2. The van der Waals surface area contributed by atoms with Crippen molar-refractivity contribution >= 4 is 28.7 Å². The number of aromatic nitrogens is 1. The number of oxazole rings is 1. The molecule has 0 radical (unpaired) electrons. The van der Waals surface area contributed by atoms with Gasteiger partial charge in [-0.25, -0.2) is 14.6 Å². The van der Waals surface area contributed by atoms with E-state index < -0.39 is 17.9 Å². The minimum Gasteiger partial charge on any atom is -0.506 e. The van der Waals surface area contributed by atoms with E-state index in [0.29, 0.717) is 17.0 Å². The maximum atomic E-state index is 10.6. The zero-order valence-electron chi connectivity index (χ0n) is 18.3. The second kappa shape index (κ2) is 11.6. The van der Waals surface area contributed by atoms with Crippen LogP contribution in [-0.2, 0) is 14.2 Å². The number of hydrogen-bond donors (Lipinski definition) is 4. The van der Waals surface area contributed by atoms with Gasteiger partial charge >= 0.3 is 11.9 Å². The molecule has 0 atom stereocenters. The fourth-order valence-electron chi connectivity index (χ4n) is 2.10. The van der Waals surface area contributed by atoms with Crippen LogP contribution >= 0.6 is 0 Å². The van der Waals surface area contributed by atoms with Gasteiger partial charge in [0.2, 0.25) is 0 Å². The van der Waals surface area contributed by atoms with Gasteiger partial charge in [0.05, 0.1) is 16.8 Å². The molecule has 3 aromatic rings. The normalized spacial score (nSPS) is 10.5. The van der Waals surface area contributed by atoms with Crippen molar-refractivity contribution in [1.29, 1.82) is 0 Å². The number of rotatable bonds is 5. The van der Waals surface area contributed by atoms with Crippen LogP contribution in [0.3, 0.4) is 0 Å². The summed E-state index contributed by atoms with van der Waals surface area (Å²) < 4.78 is 19.6. The smallest absolute Gasteiger partial charge is 0.335 e. The fraction of sp³-hybridized carbons (Fsp3) is 0.286. The first kappa shape index (κ1) is 26.4. The highest BCUT2D eigenvalue weighted by Gasteiger charge is 2.20. The lowest BCUT2D eigenvalue weighted by molar-refractivity contribution is -0.340. The number of carboxylic acids is 2. The number of phenolic OH excluding ortho intramolecular Hbond substituents is 1. The fourth-order valence-corrected chi connectivity index (χ4v) is 2.10. The predicted molar refractivity (Wildman–Crippen MR) is 115 cm³/mol. The highest BCUT2D eigenvalue weighted by atomic mass is 16.9. The highest BCUT2D eigenvalue weighted by Crippen LogP contribution is 2.20. The van der Waals surface area contributed by atoms with E-state index in [1.165, 1.54) is 45.6 Å². The predicted octanol–water partition coefficient (Wildman–Crippen LogP) is 3.11.